The Kier molecular flexibility index (Phi) is 7.25. The molecule has 6 nitrogen and oxygen atoms in total. The Morgan fingerprint density at radius 3 is 2.74 bits per heavy atom. The quantitative estimate of drug-likeness (QED) is 0.582. The maximum absolute atomic E-state index is 11.4. The van der Waals surface area contributed by atoms with Crippen molar-refractivity contribution in [3.63, 3.8) is 0 Å². The van der Waals surface area contributed by atoms with E-state index in [0.717, 1.165) is 25.9 Å². The van der Waals surface area contributed by atoms with Crippen molar-refractivity contribution in [3.05, 3.63) is 0 Å². The van der Waals surface area contributed by atoms with E-state index in [-0.39, 0.29) is 18.1 Å². The number of carboxylic acids is 1. The number of hydrogen-bond acceptors (Lipinski definition) is 3. The molecule has 1 heterocycles. The van der Waals surface area contributed by atoms with Gasteiger partial charge < -0.3 is 20.5 Å². The first-order chi connectivity index (χ1) is 9.09. The van der Waals surface area contributed by atoms with Crippen LogP contribution >= 0.6 is 0 Å². The van der Waals surface area contributed by atoms with Crippen LogP contribution in [-0.4, -0.2) is 42.9 Å². The van der Waals surface area contributed by atoms with Gasteiger partial charge in [-0.2, -0.15) is 0 Å². The van der Waals surface area contributed by atoms with E-state index in [1.54, 1.807) is 6.92 Å². The number of rotatable bonds is 8. The van der Waals surface area contributed by atoms with Crippen LogP contribution in [0.2, 0.25) is 0 Å². The maximum atomic E-state index is 11.4. The molecule has 0 aromatic carbocycles. The van der Waals surface area contributed by atoms with Crippen molar-refractivity contribution in [2.24, 2.45) is 5.92 Å². The molecule has 0 saturated carbocycles. The largest absolute Gasteiger partial charge is 0.481 e. The highest BCUT2D eigenvalue weighted by molar-refractivity contribution is 5.73. The lowest BCUT2D eigenvalue weighted by Crippen LogP contribution is -2.37. The average molecular weight is 272 g/mol. The van der Waals surface area contributed by atoms with Crippen molar-refractivity contribution in [1.29, 1.82) is 0 Å². The van der Waals surface area contributed by atoms with Gasteiger partial charge in [0.05, 0.1) is 12.0 Å². The third kappa shape index (κ3) is 7.00. The second kappa shape index (κ2) is 8.74. The summed E-state index contributed by atoms with van der Waals surface area (Å²) in [5.74, 6) is -1.15. The lowest BCUT2D eigenvalue weighted by atomic mass is 10.1. The van der Waals surface area contributed by atoms with E-state index in [2.05, 4.69) is 10.6 Å². The van der Waals surface area contributed by atoms with Crippen LogP contribution < -0.4 is 10.6 Å². The molecule has 6 heteroatoms. The van der Waals surface area contributed by atoms with Crippen molar-refractivity contribution in [2.75, 3.05) is 19.7 Å². The van der Waals surface area contributed by atoms with E-state index < -0.39 is 5.97 Å². The highest BCUT2D eigenvalue weighted by Crippen LogP contribution is 2.14. The second-order valence-corrected chi connectivity index (χ2v) is 4.99. The zero-order valence-corrected chi connectivity index (χ0v) is 11.5. The molecule has 0 bridgehead atoms. The van der Waals surface area contributed by atoms with E-state index in [9.17, 15) is 9.59 Å². The van der Waals surface area contributed by atoms with Crippen LogP contribution in [0, 0.1) is 5.92 Å². The Labute approximate surface area is 113 Å². The van der Waals surface area contributed by atoms with E-state index in [1.165, 1.54) is 0 Å². The molecule has 110 valence electrons. The first-order valence-corrected chi connectivity index (χ1v) is 6.95. The monoisotopic (exact) mass is 272 g/mol. The first-order valence-electron chi connectivity index (χ1n) is 6.95. The van der Waals surface area contributed by atoms with Gasteiger partial charge in [0.1, 0.15) is 0 Å². The fourth-order valence-electron chi connectivity index (χ4n) is 2.01. The number of ether oxygens (including phenoxy) is 1. The van der Waals surface area contributed by atoms with Gasteiger partial charge in [-0.3, -0.25) is 4.79 Å². The second-order valence-electron chi connectivity index (χ2n) is 4.99. The number of urea groups is 1. The van der Waals surface area contributed by atoms with Gasteiger partial charge in [-0.05, 0) is 32.1 Å². The van der Waals surface area contributed by atoms with Gasteiger partial charge >= 0.3 is 12.0 Å². The van der Waals surface area contributed by atoms with Crippen molar-refractivity contribution in [3.8, 4) is 0 Å². The summed E-state index contributed by atoms with van der Waals surface area (Å²) in [5.41, 5.74) is 0. The number of amides is 2. The minimum absolute atomic E-state index is 0.194. The normalized spacial score (nSPS) is 19.9. The number of hydrogen-bond donors (Lipinski definition) is 3. The van der Waals surface area contributed by atoms with Crippen LogP contribution in [0.15, 0.2) is 0 Å². The molecule has 1 saturated heterocycles. The van der Waals surface area contributed by atoms with Crippen LogP contribution in [0.3, 0.4) is 0 Å². The summed E-state index contributed by atoms with van der Waals surface area (Å²) in [6.07, 6.45) is 4.58. The molecule has 0 aromatic heterocycles. The highest BCUT2D eigenvalue weighted by Gasteiger charge is 2.15. The van der Waals surface area contributed by atoms with Gasteiger partial charge in [0.25, 0.3) is 0 Å². The van der Waals surface area contributed by atoms with Gasteiger partial charge in [0.2, 0.25) is 0 Å². The molecule has 1 fully saturated rings. The number of nitrogens with one attached hydrogen (secondary N) is 2. The topological polar surface area (TPSA) is 87.7 Å². The summed E-state index contributed by atoms with van der Waals surface area (Å²) in [6, 6.07) is -0.194. The Hall–Kier alpha value is -1.30. The Morgan fingerprint density at radius 1 is 1.37 bits per heavy atom. The van der Waals surface area contributed by atoms with Gasteiger partial charge in [-0.1, -0.05) is 6.92 Å². The molecule has 19 heavy (non-hydrogen) atoms. The lowest BCUT2D eigenvalue weighted by molar-refractivity contribution is -0.141. The first kappa shape index (κ1) is 15.8. The predicted molar refractivity (Wildman–Crippen MR) is 71.0 cm³/mol. The van der Waals surface area contributed by atoms with Gasteiger partial charge in [0.15, 0.2) is 0 Å². The molecule has 0 aliphatic carbocycles. The summed E-state index contributed by atoms with van der Waals surface area (Å²) in [4.78, 5) is 22.0. The predicted octanol–water partition coefficient (Wildman–Crippen LogP) is 1.36. The minimum atomic E-state index is -0.791. The fraction of sp³-hybridized carbons (Fsp3) is 0.846. The van der Waals surface area contributed by atoms with Gasteiger partial charge in [-0.25, -0.2) is 4.79 Å². The summed E-state index contributed by atoms with van der Waals surface area (Å²) < 4.78 is 5.45. The Morgan fingerprint density at radius 2 is 2.11 bits per heavy atom. The SMILES string of the molecule is CC(CCCNC(=O)NCCC1CCCO1)C(=O)O. The molecule has 0 radical (unpaired) electrons. The van der Waals surface area contributed by atoms with E-state index in [4.69, 9.17) is 9.84 Å². The maximum Gasteiger partial charge on any atom is 0.314 e. The third-order valence-electron chi connectivity index (χ3n) is 3.30. The molecular weight excluding hydrogens is 248 g/mol. The number of carboxylic acid groups (broad SMARTS) is 1. The molecule has 1 aliphatic heterocycles. The van der Waals surface area contributed by atoms with Gasteiger partial charge in [-0.15, -0.1) is 0 Å². The van der Waals surface area contributed by atoms with Crippen LogP contribution in [0.1, 0.15) is 39.0 Å². The molecule has 1 rings (SSSR count). The Bertz CT molecular complexity index is 290. The standard InChI is InChI=1S/C13H24N2O4/c1-10(12(16)17)4-2-7-14-13(18)15-8-6-11-5-3-9-19-11/h10-11H,2-9H2,1H3,(H,16,17)(H2,14,15,18). The van der Waals surface area contributed by atoms with E-state index >= 15 is 0 Å². The van der Waals surface area contributed by atoms with Crippen molar-refractivity contribution < 1.29 is 19.4 Å². The minimum Gasteiger partial charge on any atom is -0.481 e. The van der Waals surface area contributed by atoms with E-state index in [0.29, 0.717) is 25.9 Å². The number of carbonyl (C=O) groups is 2. The molecule has 0 aromatic rings. The molecule has 3 N–H and O–H groups in total. The Balaban J connectivity index is 1.94. The molecular formula is C13H24N2O4. The molecule has 2 amide bonds. The van der Waals surface area contributed by atoms with Crippen LogP contribution in [0.25, 0.3) is 0 Å². The molecule has 2 atom stereocenters. The van der Waals surface area contributed by atoms with Crippen molar-refractivity contribution >= 4 is 12.0 Å². The summed E-state index contributed by atoms with van der Waals surface area (Å²) in [7, 11) is 0. The number of carbonyl (C=O) groups excluding carboxylic acids is 1. The lowest BCUT2D eigenvalue weighted by Gasteiger charge is -2.11. The van der Waals surface area contributed by atoms with Crippen LogP contribution in [0.5, 0.6) is 0 Å². The smallest absolute Gasteiger partial charge is 0.314 e. The van der Waals surface area contributed by atoms with Crippen molar-refractivity contribution in [1.82, 2.24) is 10.6 Å². The van der Waals surface area contributed by atoms with Crippen LogP contribution in [0.4, 0.5) is 4.79 Å². The fourth-order valence-corrected chi connectivity index (χ4v) is 2.01. The average Bonchev–Trinajstić information content (AvgIpc) is 2.87. The molecule has 2 unspecified atom stereocenters. The highest BCUT2D eigenvalue weighted by atomic mass is 16.5. The summed E-state index contributed by atoms with van der Waals surface area (Å²) in [5, 5.41) is 14.2. The summed E-state index contributed by atoms with van der Waals surface area (Å²) >= 11 is 0. The molecule has 1 aliphatic rings. The summed E-state index contributed by atoms with van der Waals surface area (Å²) in [6.45, 7) is 3.62. The zero-order valence-electron chi connectivity index (χ0n) is 11.5. The number of aliphatic carboxylic acids is 1. The van der Waals surface area contributed by atoms with Crippen LogP contribution in [-0.2, 0) is 9.53 Å². The zero-order chi connectivity index (χ0) is 14.1. The van der Waals surface area contributed by atoms with Gasteiger partial charge in [0, 0.05) is 19.7 Å². The van der Waals surface area contributed by atoms with E-state index in [1.807, 2.05) is 0 Å². The van der Waals surface area contributed by atoms with Crippen molar-refractivity contribution in [2.45, 2.75) is 45.1 Å². The molecule has 0 spiro atoms. The third-order valence-corrected chi connectivity index (χ3v) is 3.30.